The van der Waals surface area contributed by atoms with Crippen LogP contribution in [0.3, 0.4) is 0 Å². The first-order chi connectivity index (χ1) is 4.63. The maximum atomic E-state index is 10.4. The van der Waals surface area contributed by atoms with Crippen molar-refractivity contribution in [2.45, 2.75) is 6.92 Å². The van der Waals surface area contributed by atoms with Crippen LogP contribution < -0.4 is 0 Å². The average molecular weight is 161 g/mol. The molecule has 3 nitrogen and oxygen atoms in total. The van der Waals surface area contributed by atoms with Crippen LogP contribution in [-0.2, 0) is 0 Å². The van der Waals surface area contributed by atoms with Gasteiger partial charge in [0.05, 0.1) is 5.02 Å². The molecular formula is C6H5ClO3. The highest BCUT2D eigenvalue weighted by molar-refractivity contribution is 6.33. The zero-order valence-corrected chi connectivity index (χ0v) is 5.97. The molecule has 1 aromatic heterocycles. The monoisotopic (exact) mass is 160 g/mol. The van der Waals surface area contributed by atoms with Crippen molar-refractivity contribution in [3.63, 3.8) is 0 Å². The molecule has 4 heteroatoms. The van der Waals surface area contributed by atoms with Gasteiger partial charge in [0.2, 0.25) is 0 Å². The smallest absolute Gasteiger partial charge is 0.340 e. The lowest BCUT2D eigenvalue weighted by atomic mass is 10.3. The van der Waals surface area contributed by atoms with Crippen molar-refractivity contribution in [3.05, 3.63) is 22.6 Å². The molecule has 0 spiro atoms. The summed E-state index contributed by atoms with van der Waals surface area (Å²) >= 11 is 5.47. The lowest BCUT2D eigenvalue weighted by Gasteiger charge is -1.87. The van der Waals surface area contributed by atoms with E-state index in [-0.39, 0.29) is 10.6 Å². The third kappa shape index (κ3) is 0.998. The molecule has 0 aliphatic heterocycles. The summed E-state index contributed by atoms with van der Waals surface area (Å²) in [6.07, 6.45) is 1.21. The summed E-state index contributed by atoms with van der Waals surface area (Å²) in [4.78, 5) is 10.4. The van der Waals surface area contributed by atoms with E-state index >= 15 is 0 Å². The first-order valence-electron chi connectivity index (χ1n) is 2.60. The number of hydrogen-bond donors (Lipinski definition) is 1. The Morgan fingerprint density at radius 3 is 2.60 bits per heavy atom. The molecule has 0 atom stereocenters. The fraction of sp³-hybridized carbons (Fsp3) is 0.167. The molecule has 1 heterocycles. The second-order valence-electron chi connectivity index (χ2n) is 1.82. The van der Waals surface area contributed by atoms with E-state index in [1.807, 2.05) is 0 Å². The summed E-state index contributed by atoms with van der Waals surface area (Å²) in [7, 11) is 0. The molecule has 1 N–H and O–H groups in total. The summed E-state index contributed by atoms with van der Waals surface area (Å²) in [6.45, 7) is 1.55. The SMILES string of the molecule is Cc1occ(Cl)c1C(=O)O. The topological polar surface area (TPSA) is 50.4 Å². The molecule has 0 radical (unpaired) electrons. The lowest BCUT2D eigenvalue weighted by molar-refractivity contribution is 0.0695. The van der Waals surface area contributed by atoms with Crippen molar-refractivity contribution in [2.75, 3.05) is 0 Å². The van der Waals surface area contributed by atoms with Crippen molar-refractivity contribution in [1.29, 1.82) is 0 Å². The van der Waals surface area contributed by atoms with Gasteiger partial charge >= 0.3 is 5.97 Å². The molecule has 10 heavy (non-hydrogen) atoms. The van der Waals surface area contributed by atoms with Crippen molar-refractivity contribution < 1.29 is 14.3 Å². The molecule has 0 saturated carbocycles. The summed E-state index contributed by atoms with van der Waals surface area (Å²) in [5.74, 6) is -0.728. The number of halogens is 1. The zero-order valence-electron chi connectivity index (χ0n) is 5.22. The molecule has 0 unspecified atom stereocenters. The fourth-order valence-electron chi connectivity index (χ4n) is 0.679. The second-order valence-corrected chi connectivity index (χ2v) is 2.23. The first-order valence-corrected chi connectivity index (χ1v) is 2.97. The fourth-order valence-corrected chi connectivity index (χ4v) is 0.937. The highest BCUT2D eigenvalue weighted by Gasteiger charge is 2.14. The zero-order chi connectivity index (χ0) is 7.72. The van der Waals surface area contributed by atoms with E-state index in [1.54, 1.807) is 6.92 Å². The summed E-state index contributed by atoms with van der Waals surface area (Å²) in [5.41, 5.74) is 0.0432. The van der Waals surface area contributed by atoms with E-state index in [9.17, 15) is 4.79 Å². The highest BCUT2D eigenvalue weighted by atomic mass is 35.5. The molecule has 0 saturated heterocycles. The second kappa shape index (κ2) is 2.34. The van der Waals surface area contributed by atoms with E-state index in [4.69, 9.17) is 21.1 Å². The van der Waals surface area contributed by atoms with Gasteiger partial charge < -0.3 is 9.52 Å². The normalized spacial score (nSPS) is 9.80. The minimum absolute atomic E-state index is 0.0432. The van der Waals surface area contributed by atoms with Crippen LogP contribution in [0, 0.1) is 6.92 Å². The standard InChI is InChI=1S/C6H5ClO3/c1-3-5(6(8)9)4(7)2-10-3/h2H,1H3,(H,8,9). The third-order valence-corrected chi connectivity index (χ3v) is 1.42. The van der Waals surface area contributed by atoms with Crippen molar-refractivity contribution in [2.24, 2.45) is 0 Å². The first kappa shape index (κ1) is 7.15. The van der Waals surface area contributed by atoms with Gasteiger partial charge in [-0.25, -0.2) is 4.79 Å². The number of carboxylic acid groups (broad SMARTS) is 1. The van der Waals surface area contributed by atoms with Gasteiger partial charge in [-0.15, -0.1) is 0 Å². The molecule has 0 amide bonds. The number of aromatic carboxylic acids is 1. The van der Waals surface area contributed by atoms with Gasteiger partial charge in [-0.05, 0) is 6.92 Å². The Morgan fingerprint density at radius 2 is 2.40 bits per heavy atom. The molecule has 54 valence electrons. The Bertz CT molecular complexity index is 244. The molecule has 1 rings (SSSR count). The summed E-state index contributed by atoms with van der Waals surface area (Å²) in [5, 5.41) is 8.63. The van der Waals surface area contributed by atoms with Crippen LogP contribution in [0.2, 0.25) is 5.02 Å². The van der Waals surface area contributed by atoms with Gasteiger partial charge in [0, 0.05) is 0 Å². The summed E-state index contributed by atoms with van der Waals surface area (Å²) < 4.78 is 4.74. The number of carboxylic acids is 1. The quantitative estimate of drug-likeness (QED) is 0.683. The Labute approximate surface area is 62.2 Å². The van der Waals surface area contributed by atoms with Crippen molar-refractivity contribution >= 4 is 17.6 Å². The number of hydrogen-bond acceptors (Lipinski definition) is 2. The van der Waals surface area contributed by atoms with E-state index in [0.29, 0.717) is 5.76 Å². The van der Waals surface area contributed by atoms with Gasteiger partial charge in [0.25, 0.3) is 0 Å². The van der Waals surface area contributed by atoms with Crippen LogP contribution in [0.1, 0.15) is 16.1 Å². The van der Waals surface area contributed by atoms with Crippen LogP contribution >= 0.6 is 11.6 Å². The van der Waals surface area contributed by atoms with Gasteiger partial charge in [0.1, 0.15) is 17.6 Å². The van der Waals surface area contributed by atoms with Crippen LogP contribution in [0.15, 0.2) is 10.7 Å². The van der Waals surface area contributed by atoms with E-state index in [2.05, 4.69) is 0 Å². The highest BCUT2D eigenvalue weighted by Crippen LogP contribution is 2.20. The maximum absolute atomic E-state index is 10.4. The van der Waals surface area contributed by atoms with Gasteiger partial charge in [-0.2, -0.15) is 0 Å². The third-order valence-electron chi connectivity index (χ3n) is 1.14. The average Bonchev–Trinajstić information content (AvgIpc) is 2.11. The van der Waals surface area contributed by atoms with Crippen molar-refractivity contribution in [1.82, 2.24) is 0 Å². The van der Waals surface area contributed by atoms with Crippen LogP contribution in [0.5, 0.6) is 0 Å². The number of carbonyl (C=O) groups is 1. The Morgan fingerprint density at radius 1 is 1.80 bits per heavy atom. The molecule has 1 aromatic rings. The largest absolute Gasteiger partial charge is 0.478 e. The van der Waals surface area contributed by atoms with E-state index < -0.39 is 5.97 Å². The Kier molecular flexibility index (Phi) is 1.68. The maximum Gasteiger partial charge on any atom is 0.340 e. The molecular weight excluding hydrogens is 156 g/mol. The minimum atomic E-state index is -1.06. The Balaban J connectivity index is 3.23. The van der Waals surface area contributed by atoms with E-state index in [0.717, 1.165) is 0 Å². The number of rotatable bonds is 1. The van der Waals surface area contributed by atoms with Crippen LogP contribution in [-0.4, -0.2) is 11.1 Å². The molecule has 0 fully saturated rings. The van der Waals surface area contributed by atoms with Gasteiger partial charge in [-0.3, -0.25) is 0 Å². The predicted octanol–water partition coefficient (Wildman–Crippen LogP) is 1.94. The molecule has 0 aliphatic rings. The lowest BCUT2D eigenvalue weighted by Crippen LogP contribution is -1.96. The van der Waals surface area contributed by atoms with E-state index in [1.165, 1.54) is 6.26 Å². The predicted molar refractivity (Wildman–Crippen MR) is 35.4 cm³/mol. The molecule has 0 aromatic carbocycles. The minimum Gasteiger partial charge on any atom is -0.478 e. The van der Waals surface area contributed by atoms with Gasteiger partial charge in [-0.1, -0.05) is 11.6 Å². The van der Waals surface area contributed by atoms with Gasteiger partial charge in [0.15, 0.2) is 0 Å². The van der Waals surface area contributed by atoms with Crippen LogP contribution in [0.25, 0.3) is 0 Å². The van der Waals surface area contributed by atoms with Crippen molar-refractivity contribution in [3.8, 4) is 0 Å². The summed E-state index contributed by atoms with van der Waals surface area (Å²) in [6, 6.07) is 0. The Hall–Kier alpha value is -0.960. The van der Waals surface area contributed by atoms with Crippen LogP contribution in [0.4, 0.5) is 0 Å². The molecule has 0 bridgehead atoms. The number of furan rings is 1. The number of aryl methyl sites for hydroxylation is 1. The molecule has 0 aliphatic carbocycles.